The zero-order chi connectivity index (χ0) is 11.6. The van der Waals surface area contributed by atoms with E-state index in [-0.39, 0.29) is 11.4 Å². The number of hydrogen-bond donors (Lipinski definition) is 0. The van der Waals surface area contributed by atoms with Crippen LogP contribution in [-0.4, -0.2) is 34.9 Å². The van der Waals surface area contributed by atoms with Gasteiger partial charge in [0.05, 0.1) is 5.38 Å². The summed E-state index contributed by atoms with van der Waals surface area (Å²) in [5.41, 5.74) is 0. The zero-order valence-electron chi connectivity index (χ0n) is 8.35. The SMILES string of the molecule is CC1C(Cl)CCCN1C(=O)CC(F)(F)F. The Balaban J connectivity index is 2.59. The highest BCUT2D eigenvalue weighted by Crippen LogP contribution is 2.26. The van der Waals surface area contributed by atoms with E-state index in [9.17, 15) is 18.0 Å². The molecule has 0 bridgehead atoms. The predicted octanol–water partition coefficient (Wildman–Crippen LogP) is 2.56. The molecule has 1 aliphatic heterocycles. The van der Waals surface area contributed by atoms with Crippen molar-refractivity contribution in [2.24, 2.45) is 0 Å². The highest BCUT2D eigenvalue weighted by Gasteiger charge is 2.37. The lowest BCUT2D eigenvalue weighted by molar-refractivity contribution is -0.163. The molecular weight excluding hydrogens is 231 g/mol. The third kappa shape index (κ3) is 3.55. The first-order valence-corrected chi connectivity index (χ1v) is 5.25. The average Bonchev–Trinajstić information content (AvgIpc) is 2.06. The van der Waals surface area contributed by atoms with E-state index in [0.29, 0.717) is 13.0 Å². The number of carbonyl (C=O) groups is 1. The van der Waals surface area contributed by atoms with Gasteiger partial charge in [0.25, 0.3) is 0 Å². The van der Waals surface area contributed by atoms with Crippen LogP contribution in [-0.2, 0) is 4.79 Å². The van der Waals surface area contributed by atoms with Gasteiger partial charge in [-0.25, -0.2) is 0 Å². The fourth-order valence-electron chi connectivity index (χ4n) is 1.72. The molecule has 1 heterocycles. The summed E-state index contributed by atoms with van der Waals surface area (Å²) in [6, 6.07) is -0.310. The van der Waals surface area contributed by atoms with Crippen LogP contribution in [0.4, 0.5) is 13.2 Å². The highest BCUT2D eigenvalue weighted by atomic mass is 35.5. The Kier molecular flexibility index (Phi) is 3.87. The van der Waals surface area contributed by atoms with E-state index in [2.05, 4.69) is 0 Å². The molecule has 2 atom stereocenters. The van der Waals surface area contributed by atoms with Crippen LogP contribution >= 0.6 is 11.6 Å². The molecule has 2 unspecified atom stereocenters. The minimum Gasteiger partial charge on any atom is -0.338 e. The van der Waals surface area contributed by atoms with Crippen molar-refractivity contribution in [2.45, 2.75) is 43.8 Å². The summed E-state index contributed by atoms with van der Waals surface area (Å²) in [6.07, 6.45) is -4.41. The number of halogens is 4. The summed E-state index contributed by atoms with van der Waals surface area (Å²) in [5, 5.41) is -0.240. The van der Waals surface area contributed by atoms with Crippen molar-refractivity contribution in [1.29, 1.82) is 0 Å². The van der Waals surface area contributed by atoms with E-state index in [1.165, 1.54) is 4.90 Å². The molecule has 15 heavy (non-hydrogen) atoms. The first-order chi connectivity index (χ1) is 6.81. The number of nitrogens with zero attached hydrogens (tertiary/aromatic N) is 1. The molecule has 0 aliphatic carbocycles. The summed E-state index contributed by atoms with van der Waals surface area (Å²) in [6.45, 7) is 2.06. The van der Waals surface area contributed by atoms with Crippen LogP contribution in [0.1, 0.15) is 26.2 Å². The van der Waals surface area contributed by atoms with Gasteiger partial charge < -0.3 is 4.90 Å². The van der Waals surface area contributed by atoms with E-state index in [1.807, 2.05) is 0 Å². The topological polar surface area (TPSA) is 20.3 Å². The average molecular weight is 244 g/mol. The Bertz CT molecular complexity index is 244. The third-order valence-corrected chi connectivity index (χ3v) is 3.15. The van der Waals surface area contributed by atoms with Gasteiger partial charge >= 0.3 is 6.18 Å². The molecule has 0 aromatic rings. The molecule has 1 rings (SSSR count). The van der Waals surface area contributed by atoms with Crippen LogP contribution in [0.2, 0.25) is 0 Å². The minimum absolute atomic E-state index is 0.240. The monoisotopic (exact) mass is 243 g/mol. The van der Waals surface area contributed by atoms with Gasteiger partial charge in [0.2, 0.25) is 5.91 Å². The van der Waals surface area contributed by atoms with Crippen LogP contribution < -0.4 is 0 Å². The lowest BCUT2D eigenvalue weighted by Gasteiger charge is -2.36. The number of rotatable bonds is 1. The number of hydrogen-bond acceptors (Lipinski definition) is 1. The van der Waals surface area contributed by atoms with E-state index in [1.54, 1.807) is 6.92 Å². The van der Waals surface area contributed by atoms with Gasteiger partial charge in [-0.2, -0.15) is 13.2 Å². The predicted molar refractivity (Wildman–Crippen MR) is 50.7 cm³/mol. The van der Waals surface area contributed by atoms with E-state index in [4.69, 9.17) is 11.6 Å². The Labute approximate surface area is 91.4 Å². The maximum Gasteiger partial charge on any atom is 0.397 e. The fourth-order valence-corrected chi connectivity index (χ4v) is 2.01. The molecule has 1 amide bonds. The number of amides is 1. The van der Waals surface area contributed by atoms with Gasteiger partial charge in [0.1, 0.15) is 6.42 Å². The molecule has 0 spiro atoms. The summed E-state index contributed by atoms with van der Waals surface area (Å²) < 4.78 is 36.0. The molecular formula is C9H13ClF3NO. The number of piperidine rings is 1. The molecule has 0 N–H and O–H groups in total. The van der Waals surface area contributed by atoms with Gasteiger partial charge in [-0.05, 0) is 19.8 Å². The second kappa shape index (κ2) is 4.60. The van der Waals surface area contributed by atoms with Crippen LogP contribution in [0.5, 0.6) is 0 Å². The maximum atomic E-state index is 12.0. The second-order valence-electron chi connectivity index (χ2n) is 3.78. The van der Waals surface area contributed by atoms with Gasteiger partial charge in [-0.15, -0.1) is 11.6 Å². The standard InChI is InChI=1S/C9H13ClF3NO/c1-6-7(10)3-2-4-14(6)8(15)5-9(11,12)13/h6-7H,2-5H2,1H3. The molecule has 2 nitrogen and oxygen atoms in total. The molecule has 1 fully saturated rings. The Morgan fingerprint density at radius 3 is 2.67 bits per heavy atom. The van der Waals surface area contributed by atoms with Crippen LogP contribution in [0.25, 0.3) is 0 Å². The number of likely N-dealkylation sites (tertiary alicyclic amines) is 1. The quantitative estimate of drug-likeness (QED) is 0.648. The maximum absolute atomic E-state index is 12.0. The van der Waals surface area contributed by atoms with Gasteiger partial charge in [-0.1, -0.05) is 0 Å². The van der Waals surface area contributed by atoms with E-state index in [0.717, 1.165) is 6.42 Å². The number of alkyl halides is 4. The normalized spacial score (nSPS) is 27.9. The molecule has 0 aromatic carbocycles. The molecule has 1 aliphatic rings. The molecule has 0 aromatic heterocycles. The van der Waals surface area contributed by atoms with Crippen molar-refractivity contribution < 1.29 is 18.0 Å². The van der Waals surface area contributed by atoms with Crippen molar-refractivity contribution in [1.82, 2.24) is 4.90 Å². The van der Waals surface area contributed by atoms with Crippen molar-refractivity contribution >= 4 is 17.5 Å². The fraction of sp³-hybridized carbons (Fsp3) is 0.889. The van der Waals surface area contributed by atoms with E-state index >= 15 is 0 Å². The molecule has 0 radical (unpaired) electrons. The Morgan fingerprint density at radius 1 is 1.53 bits per heavy atom. The van der Waals surface area contributed by atoms with E-state index < -0.39 is 18.5 Å². The van der Waals surface area contributed by atoms with Crippen molar-refractivity contribution in [2.75, 3.05) is 6.54 Å². The van der Waals surface area contributed by atoms with Crippen LogP contribution in [0.3, 0.4) is 0 Å². The highest BCUT2D eigenvalue weighted by molar-refractivity contribution is 6.21. The molecule has 6 heteroatoms. The molecule has 88 valence electrons. The Morgan fingerprint density at radius 2 is 2.13 bits per heavy atom. The minimum atomic E-state index is -4.43. The first-order valence-electron chi connectivity index (χ1n) is 4.81. The third-order valence-electron chi connectivity index (χ3n) is 2.57. The summed E-state index contributed by atoms with van der Waals surface area (Å²) >= 11 is 5.90. The lowest BCUT2D eigenvalue weighted by Crippen LogP contribution is -2.48. The summed E-state index contributed by atoms with van der Waals surface area (Å²) in [5.74, 6) is -0.875. The van der Waals surface area contributed by atoms with Gasteiger partial charge in [0.15, 0.2) is 0 Å². The molecule has 0 saturated carbocycles. The zero-order valence-corrected chi connectivity index (χ0v) is 9.11. The smallest absolute Gasteiger partial charge is 0.338 e. The first kappa shape index (κ1) is 12.6. The lowest BCUT2D eigenvalue weighted by atomic mass is 10.0. The second-order valence-corrected chi connectivity index (χ2v) is 4.34. The Hall–Kier alpha value is -0.450. The molecule has 1 saturated heterocycles. The van der Waals surface area contributed by atoms with Crippen molar-refractivity contribution in [3.05, 3.63) is 0 Å². The van der Waals surface area contributed by atoms with Gasteiger partial charge in [0, 0.05) is 12.6 Å². The largest absolute Gasteiger partial charge is 0.397 e. The number of carbonyl (C=O) groups excluding carboxylic acids is 1. The summed E-state index contributed by atoms with van der Waals surface area (Å²) in [7, 11) is 0. The van der Waals surface area contributed by atoms with Crippen LogP contribution in [0, 0.1) is 0 Å². The van der Waals surface area contributed by atoms with Crippen LogP contribution in [0.15, 0.2) is 0 Å². The van der Waals surface area contributed by atoms with Gasteiger partial charge in [-0.3, -0.25) is 4.79 Å². The van der Waals surface area contributed by atoms with Crippen molar-refractivity contribution in [3.63, 3.8) is 0 Å². The van der Waals surface area contributed by atoms with Crippen molar-refractivity contribution in [3.8, 4) is 0 Å². The summed E-state index contributed by atoms with van der Waals surface area (Å²) in [4.78, 5) is 12.5.